The Balaban J connectivity index is 1.57. The van der Waals surface area contributed by atoms with E-state index in [1.165, 1.54) is 12.1 Å². The number of urea groups is 2. The molecule has 0 saturated carbocycles. The number of nitrogens with one attached hydrogen (secondary N) is 2. The molecule has 142 valence electrons. The van der Waals surface area contributed by atoms with E-state index in [4.69, 9.17) is 0 Å². The molecule has 0 radical (unpaired) electrons. The van der Waals surface area contributed by atoms with E-state index in [-0.39, 0.29) is 41.8 Å². The molecule has 26 heavy (non-hydrogen) atoms. The first kappa shape index (κ1) is 18.2. The molecule has 8 nitrogen and oxygen atoms in total. The van der Waals surface area contributed by atoms with Crippen LogP contribution in [0.25, 0.3) is 0 Å². The molecule has 1 aromatic heterocycles. The molecule has 2 atom stereocenters. The van der Waals surface area contributed by atoms with Crippen LogP contribution in [-0.2, 0) is 0 Å². The second-order valence-electron chi connectivity index (χ2n) is 6.55. The van der Waals surface area contributed by atoms with Crippen LogP contribution in [0.3, 0.4) is 0 Å². The van der Waals surface area contributed by atoms with Crippen molar-refractivity contribution < 1.29 is 23.1 Å². The van der Waals surface area contributed by atoms with Gasteiger partial charge in [0.05, 0.1) is 18.3 Å². The largest absolute Gasteiger partial charge is 0.433 e. The lowest BCUT2D eigenvalue weighted by Crippen LogP contribution is -2.54. The minimum Gasteiger partial charge on any atom is -0.433 e. The van der Waals surface area contributed by atoms with E-state index in [0.717, 1.165) is 6.20 Å². The maximum Gasteiger partial charge on any atom is 0.387 e. The molecule has 2 N–H and O–H groups in total. The van der Waals surface area contributed by atoms with Gasteiger partial charge in [-0.1, -0.05) is 0 Å². The Kier molecular flexibility index (Phi) is 5.10. The third-order valence-electron chi connectivity index (χ3n) is 4.52. The van der Waals surface area contributed by atoms with Crippen molar-refractivity contribution in [2.75, 3.05) is 18.4 Å². The number of hydrogen-bond acceptors (Lipinski definition) is 4. The minimum absolute atomic E-state index is 0.0791. The normalized spacial score (nSPS) is 22.5. The number of likely N-dealkylation sites (tertiary alicyclic amines) is 1. The third-order valence-corrected chi connectivity index (χ3v) is 4.52. The van der Waals surface area contributed by atoms with Crippen molar-refractivity contribution in [3.05, 3.63) is 18.3 Å². The van der Waals surface area contributed by atoms with Gasteiger partial charge in [-0.25, -0.2) is 14.6 Å². The van der Waals surface area contributed by atoms with Gasteiger partial charge < -0.3 is 19.9 Å². The average Bonchev–Trinajstić information content (AvgIpc) is 2.91. The molecule has 3 heterocycles. The van der Waals surface area contributed by atoms with Crippen molar-refractivity contribution >= 4 is 17.9 Å². The molecule has 3 rings (SSSR count). The van der Waals surface area contributed by atoms with Crippen molar-refractivity contribution in [2.24, 2.45) is 0 Å². The van der Waals surface area contributed by atoms with Crippen molar-refractivity contribution in [1.82, 2.24) is 20.1 Å². The molecule has 2 fully saturated rings. The Hall–Kier alpha value is -2.65. The number of rotatable bonds is 4. The number of carbonyl (C=O) groups excluding carboxylic acids is 2. The number of pyridine rings is 1. The minimum atomic E-state index is -2.93. The van der Waals surface area contributed by atoms with Gasteiger partial charge in [-0.05, 0) is 32.4 Å². The summed E-state index contributed by atoms with van der Waals surface area (Å²) in [6.45, 7) is 1.92. The Morgan fingerprint density at radius 1 is 1.42 bits per heavy atom. The fraction of sp³-hybridized carbons (Fsp3) is 0.562. The van der Waals surface area contributed by atoms with Gasteiger partial charge in [0, 0.05) is 19.1 Å². The highest BCUT2D eigenvalue weighted by atomic mass is 19.3. The van der Waals surface area contributed by atoms with Gasteiger partial charge in [0.1, 0.15) is 11.6 Å². The van der Waals surface area contributed by atoms with Crippen molar-refractivity contribution in [1.29, 1.82) is 0 Å². The van der Waals surface area contributed by atoms with Crippen LogP contribution in [-0.4, -0.2) is 64.7 Å². The summed E-state index contributed by atoms with van der Waals surface area (Å²) in [7, 11) is 0. The van der Waals surface area contributed by atoms with E-state index < -0.39 is 6.61 Å². The Labute approximate surface area is 149 Å². The Morgan fingerprint density at radius 2 is 2.19 bits per heavy atom. The Morgan fingerprint density at radius 3 is 2.81 bits per heavy atom. The number of hydrogen-bond donors (Lipinski definition) is 2. The molecule has 1 aromatic rings. The third kappa shape index (κ3) is 3.78. The number of ether oxygens (including phenoxy) is 1. The molecule has 0 spiro atoms. The topological polar surface area (TPSA) is 86.8 Å². The zero-order valence-corrected chi connectivity index (χ0v) is 14.5. The number of carbonyl (C=O) groups is 2. The molecule has 2 aliphatic heterocycles. The second kappa shape index (κ2) is 7.30. The molecule has 0 aliphatic carbocycles. The van der Waals surface area contributed by atoms with Crippen LogP contribution in [0.2, 0.25) is 0 Å². The molecule has 2 aliphatic rings. The van der Waals surface area contributed by atoms with E-state index in [9.17, 15) is 18.4 Å². The zero-order chi connectivity index (χ0) is 18.8. The van der Waals surface area contributed by atoms with Gasteiger partial charge in [0.25, 0.3) is 0 Å². The number of anilines is 1. The summed E-state index contributed by atoms with van der Waals surface area (Å²) in [5.74, 6) is 0.152. The Bertz CT molecular complexity index is 670. The number of piperidine rings is 1. The van der Waals surface area contributed by atoms with E-state index in [2.05, 4.69) is 20.4 Å². The molecular formula is C16H21F2N5O3. The molecule has 0 unspecified atom stereocenters. The number of halogens is 2. The number of aromatic nitrogens is 1. The number of alkyl halides is 2. The monoisotopic (exact) mass is 369 g/mol. The second-order valence-corrected chi connectivity index (χ2v) is 6.55. The first-order chi connectivity index (χ1) is 12.3. The van der Waals surface area contributed by atoms with E-state index >= 15 is 0 Å². The highest BCUT2D eigenvalue weighted by molar-refractivity contribution is 5.88. The lowest BCUT2D eigenvalue weighted by Gasteiger charge is -2.37. The molecule has 4 amide bonds. The summed E-state index contributed by atoms with van der Waals surface area (Å²) >= 11 is 0. The van der Waals surface area contributed by atoms with Crippen LogP contribution in [0.15, 0.2) is 18.3 Å². The molecule has 10 heteroatoms. The van der Waals surface area contributed by atoms with Crippen LogP contribution in [0.1, 0.15) is 20.3 Å². The molecule has 0 aromatic carbocycles. The number of nitrogens with zero attached hydrogens (tertiary/aromatic N) is 3. The lowest BCUT2D eigenvalue weighted by atomic mass is 9.99. The average molecular weight is 369 g/mol. The number of amides is 4. The van der Waals surface area contributed by atoms with Crippen molar-refractivity contribution in [3.8, 4) is 5.75 Å². The highest BCUT2D eigenvalue weighted by Crippen LogP contribution is 2.25. The summed E-state index contributed by atoms with van der Waals surface area (Å²) in [4.78, 5) is 31.8. The lowest BCUT2D eigenvalue weighted by molar-refractivity contribution is -0.0500. The fourth-order valence-electron chi connectivity index (χ4n) is 3.42. The molecule has 0 bridgehead atoms. The smallest absolute Gasteiger partial charge is 0.387 e. The zero-order valence-electron chi connectivity index (χ0n) is 14.5. The summed E-state index contributed by atoms with van der Waals surface area (Å²) < 4.78 is 28.5. The highest BCUT2D eigenvalue weighted by Gasteiger charge is 2.44. The van der Waals surface area contributed by atoms with Gasteiger partial charge in [-0.3, -0.25) is 5.32 Å². The van der Waals surface area contributed by atoms with Crippen LogP contribution in [0.5, 0.6) is 5.75 Å². The van der Waals surface area contributed by atoms with Crippen LogP contribution >= 0.6 is 0 Å². The van der Waals surface area contributed by atoms with Crippen LogP contribution in [0, 0.1) is 0 Å². The summed E-state index contributed by atoms with van der Waals surface area (Å²) in [5.41, 5.74) is 0. The van der Waals surface area contributed by atoms with E-state index in [1.807, 2.05) is 18.7 Å². The SMILES string of the molecule is CC(C)N1C(=O)N[C@@H]2CN(C(=O)Nc3ccc(OC(F)F)cn3)CC[C@@H]21. The van der Waals surface area contributed by atoms with Gasteiger partial charge >= 0.3 is 18.7 Å². The van der Waals surface area contributed by atoms with Gasteiger partial charge in [-0.2, -0.15) is 8.78 Å². The van der Waals surface area contributed by atoms with E-state index in [0.29, 0.717) is 19.5 Å². The maximum atomic E-state index is 12.4. The standard InChI is InChI=1S/C16H21F2N5O3/c1-9(2)23-12-5-6-22(8-11(12)20-16(23)25)15(24)21-13-4-3-10(7-19-13)26-14(17)18/h3-4,7,9,11-12,14H,5-6,8H2,1-2H3,(H,20,25)(H,19,21,24)/t11-,12+/m1/s1. The maximum absolute atomic E-state index is 12.4. The van der Waals surface area contributed by atoms with Crippen LogP contribution < -0.4 is 15.4 Å². The summed E-state index contributed by atoms with van der Waals surface area (Å²) in [6.07, 6.45) is 1.80. The summed E-state index contributed by atoms with van der Waals surface area (Å²) in [6, 6.07) is 2.31. The quantitative estimate of drug-likeness (QED) is 0.851. The van der Waals surface area contributed by atoms with E-state index in [1.54, 1.807) is 4.90 Å². The first-order valence-electron chi connectivity index (χ1n) is 8.40. The predicted octanol–water partition coefficient (Wildman–Crippen LogP) is 2.09. The predicted molar refractivity (Wildman–Crippen MR) is 89.2 cm³/mol. The first-order valence-corrected chi connectivity index (χ1v) is 8.40. The fourth-order valence-corrected chi connectivity index (χ4v) is 3.42. The molecule has 2 saturated heterocycles. The van der Waals surface area contributed by atoms with Gasteiger partial charge in [0.2, 0.25) is 0 Å². The van der Waals surface area contributed by atoms with Gasteiger partial charge in [0.15, 0.2) is 0 Å². The summed E-state index contributed by atoms with van der Waals surface area (Å²) in [5, 5.41) is 5.55. The van der Waals surface area contributed by atoms with Gasteiger partial charge in [-0.15, -0.1) is 0 Å². The molecular weight excluding hydrogens is 348 g/mol. The van der Waals surface area contributed by atoms with Crippen molar-refractivity contribution in [2.45, 2.75) is 45.0 Å². The number of fused-ring (bicyclic) bond motifs is 1. The van der Waals surface area contributed by atoms with Crippen molar-refractivity contribution in [3.63, 3.8) is 0 Å². The van der Waals surface area contributed by atoms with Crippen LogP contribution in [0.4, 0.5) is 24.2 Å².